The number of nitrogens with one attached hydrogen (secondary N) is 1. The van der Waals surface area contributed by atoms with Crippen LogP contribution in [-0.4, -0.2) is 21.5 Å². The van der Waals surface area contributed by atoms with Gasteiger partial charge in [0.15, 0.2) is 0 Å². The Morgan fingerprint density at radius 1 is 1.24 bits per heavy atom. The standard InChI is InChI=1S/C13H15NO2S/c15-17(16)9-12(10-4-3-7-14-8-10)11-5-1-2-6-13(11)17/h1-2,5-6,9-10,14H,3-4,7-8H2. The molecule has 1 aromatic rings. The maximum absolute atomic E-state index is 12.0. The molecule has 1 atom stereocenters. The predicted molar refractivity (Wildman–Crippen MR) is 67.2 cm³/mol. The minimum atomic E-state index is -3.19. The fourth-order valence-electron chi connectivity index (χ4n) is 2.68. The second kappa shape index (κ2) is 3.96. The van der Waals surface area contributed by atoms with Gasteiger partial charge in [-0.05, 0) is 42.5 Å². The Kier molecular flexibility index (Phi) is 2.56. The second-order valence-electron chi connectivity index (χ2n) is 4.66. The summed E-state index contributed by atoms with van der Waals surface area (Å²) in [5, 5.41) is 4.80. The lowest BCUT2D eigenvalue weighted by Crippen LogP contribution is -2.30. The van der Waals surface area contributed by atoms with Crippen LogP contribution in [0.3, 0.4) is 0 Å². The Morgan fingerprint density at radius 3 is 2.82 bits per heavy atom. The average molecular weight is 249 g/mol. The fourth-order valence-corrected chi connectivity index (χ4v) is 4.22. The van der Waals surface area contributed by atoms with Crippen LogP contribution in [0.1, 0.15) is 18.4 Å². The van der Waals surface area contributed by atoms with Crippen molar-refractivity contribution < 1.29 is 8.42 Å². The predicted octanol–water partition coefficient (Wildman–Crippen LogP) is 1.81. The zero-order chi connectivity index (χ0) is 11.9. The van der Waals surface area contributed by atoms with E-state index in [1.54, 1.807) is 12.1 Å². The smallest absolute Gasteiger partial charge is 0.200 e. The van der Waals surface area contributed by atoms with Gasteiger partial charge in [0.25, 0.3) is 0 Å². The highest BCUT2D eigenvalue weighted by Crippen LogP contribution is 2.39. The molecule has 0 radical (unpaired) electrons. The molecule has 90 valence electrons. The number of rotatable bonds is 1. The zero-order valence-corrected chi connectivity index (χ0v) is 10.3. The first-order chi connectivity index (χ1) is 8.18. The van der Waals surface area contributed by atoms with Gasteiger partial charge in [-0.15, -0.1) is 0 Å². The highest BCUT2D eigenvalue weighted by Gasteiger charge is 2.31. The molecule has 1 N–H and O–H groups in total. The maximum Gasteiger partial charge on any atom is 0.200 e. The summed E-state index contributed by atoms with van der Waals surface area (Å²) in [5.41, 5.74) is 1.90. The largest absolute Gasteiger partial charge is 0.316 e. The molecule has 3 nitrogen and oxygen atoms in total. The van der Waals surface area contributed by atoms with Crippen LogP contribution in [0.15, 0.2) is 34.6 Å². The highest BCUT2D eigenvalue weighted by atomic mass is 32.2. The van der Waals surface area contributed by atoms with Crippen LogP contribution in [0, 0.1) is 5.92 Å². The fraction of sp³-hybridized carbons (Fsp3) is 0.385. The third kappa shape index (κ3) is 1.81. The second-order valence-corrected chi connectivity index (χ2v) is 6.42. The summed E-state index contributed by atoms with van der Waals surface area (Å²) in [4.78, 5) is 0.473. The highest BCUT2D eigenvalue weighted by molar-refractivity contribution is 7.95. The van der Waals surface area contributed by atoms with Crippen LogP contribution in [-0.2, 0) is 9.84 Å². The molecule has 0 bridgehead atoms. The Balaban J connectivity index is 2.07. The molecule has 2 aliphatic heterocycles. The Morgan fingerprint density at radius 2 is 2.06 bits per heavy atom. The van der Waals surface area contributed by atoms with Crippen molar-refractivity contribution in [1.29, 1.82) is 0 Å². The SMILES string of the molecule is O=S1(=O)C=C(C2CCCNC2)c2ccccc21. The summed E-state index contributed by atoms with van der Waals surface area (Å²) in [6.45, 7) is 1.92. The molecule has 3 rings (SSSR count). The molecule has 0 aliphatic carbocycles. The molecule has 0 saturated carbocycles. The molecule has 2 heterocycles. The van der Waals surface area contributed by atoms with Crippen molar-refractivity contribution in [2.45, 2.75) is 17.7 Å². The van der Waals surface area contributed by atoms with Crippen molar-refractivity contribution in [3.05, 3.63) is 35.2 Å². The molecule has 2 aliphatic rings. The number of fused-ring (bicyclic) bond motifs is 1. The van der Waals surface area contributed by atoms with Crippen molar-refractivity contribution in [3.8, 4) is 0 Å². The van der Waals surface area contributed by atoms with Crippen molar-refractivity contribution >= 4 is 15.4 Å². The molecule has 1 fully saturated rings. The zero-order valence-electron chi connectivity index (χ0n) is 9.52. The van der Waals surface area contributed by atoms with E-state index in [1.165, 1.54) is 5.41 Å². The van der Waals surface area contributed by atoms with Crippen LogP contribution >= 0.6 is 0 Å². The molecular weight excluding hydrogens is 234 g/mol. The first kappa shape index (κ1) is 11.0. The summed E-state index contributed by atoms with van der Waals surface area (Å²) in [7, 11) is -3.19. The number of sulfone groups is 1. The number of benzene rings is 1. The van der Waals surface area contributed by atoms with Crippen molar-refractivity contribution in [2.75, 3.05) is 13.1 Å². The molecule has 1 saturated heterocycles. The van der Waals surface area contributed by atoms with E-state index in [4.69, 9.17) is 0 Å². The third-order valence-electron chi connectivity index (χ3n) is 3.52. The topological polar surface area (TPSA) is 46.2 Å². The summed E-state index contributed by atoms with van der Waals surface area (Å²) in [6, 6.07) is 7.31. The molecule has 17 heavy (non-hydrogen) atoms. The van der Waals surface area contributed by atoms with E-state index in [1.807, 2.05) is 12.1 Å². The van der Waals surface area contributed by atoms with E-state index in [-0.39, 0.29) is 0 Å². The summed E-state index contributed by atoms with van der Waals surface area (Å²) in [6.07, 6.45) is 2.19. The Hall–Kier alpha value is -1.13. The van der Waals surface area contributed by atoms with E-state index in [9.17, 15) is 8.42 Å². The summed E-state index contributed by atoms with van der Waals surface area (Å²) < 4.78 is 24.0. The van der Waals surface area contributed by atoms with E-state index in [0.29, 0.717) is 10.8 Å². The first-order valence-electron chi connectivity index (χ1n) is 5.95. The van der Waals surface area contributed by atoms with Gasteiger partial charge in [-0.25, -0.2) is 8.42 Å². The van der Waals surface area contributed by atoms with Gasteiger partial charge < -0.3 is 5.32 Å². The van der Waals surface area contributed by atoms with Crippen molar-refractivity contribution in [3.63, 3.8) is 0 Å². The molecule has 1 unspecified atom stereocenters. The van der Waals surface area contributed by atoms with E-state index >= 15 is 0 Å². The Bertz CT molecular complexity index is 569. The molecular formula is C13H15NO2S. The molecule has 1 aromatic carbocycles. The van der Waals surface area contributed by atoms with Crippen LogP contribution in [0.25, 0.3) is 5.57 Å². The van der Waals surface area contributed by atoms with E-state index in [2.05, 4.69) is 5.32 Å². The normalized spacial score (nSPS) is 26.4. The van der Waals surface area contributed by atoms with Gasteiger partial charge in [0.05, 0.1) is 4.90 Å². The quantitative estimate of drug-likeness (QED) is 0.825. The number of piperidine rings is 1. The van der Waals surface area contributed by atoms with Crippen LogP contribution < -0.4 is 5.32 Å². The number of hydrogen-bond acceptors (Lipinski definition) is 3. The van der Waals surface area contributed by atoms with Gasteiger partial charge in [0, 0.05) is 12.0 Å². The van der Waals surface area contributed by atoms with Crippen LogP contribution in [0.4, 0.5) is 0 Å². The van der Waals surface area contributed by atoms with Gasteiger partial charge in [-0.3, -0.25) is 0 Å². The van der Waals surface area contributed by atoms with E-state index in [0.717, 1.165) is 37.1 Å². The molecule has 0 spiro atoms. The molecule has 4 heteroatoms. The lowest BCUT2D eigenvalue weighted by atomic mass is 9.88. The molecule has 0 amide bonds. The van der Waals surface area contributed by atoms with Gasteiger partial charge in [0.1, 0.15) is 0 Å². The van der Waals surface area contributed by atoms with Crippen LogP contribution in [0.2, 0.25) is 0 Å². The van der Waals surface area contributed by atoms with Gasteiger partial charge >= 0.3 is 0 Å². The van der Waals surface area contributed by atoms with Crippen LogP contribution in [0.5, 0.6) is 0 Å². The monoisotopic (exact) mass is 249 g/mol. The Labute approximate surface area is 101 Å². The van der Waals surface area contributed by atoms with Gasteiger partial charge in [-0.1, -0.05) is 18.2 Å². The van der Waals surface area contributed by atoms with Crippen molar-refractivity contribution in [2.24, 2.45) is 5.92 Å². The lowest BCUT2D eigenvalue weighted by Gasteiger charge is -2.24. The first-order valence-corrected chi connectivity index (χ1v) is 7.50. The van der Waals surface area contributed by atoms with Gasteiger partial charge in [0.2, 0.25) is 9.84 Å². The minimum Gasteiger partial charge on any atom is -0.316 e. The minimum absolute atomic E-state index is 0.335. The maximum atomic E-state index is 12.0. The average Bonchev–Trinajstić information content (AvgIpc) is 2.64. The summed E-state index contributed by atoms with van der Waals surface area (Å²) >= 11 is 0. The summed E-state index contributed by atoms with van der Waals surface area (Å²) in [5.74, 6) is 0.335. The molecule has 0 aromatic heterocycles. The van der Waals surface area contributed by atoms with Crippen molar-refractivity contribution in [1.82, 2.24) is 5.32 Å². The van der Waals surface area contributed by atoms with Gasteiger partial charge in [-0.2, -0.15) is 0 Å². The lowest BCUT2D eigenvalue weighted by molar-refractivity contribution is 0.448. The number of hydrogen-bond donors (Lipinski definition) is 1. The third-order valence-corrected chi connectivity index (χ3v) is 5.06. The van der Waals surface area contributed by atoms with E-state index < -0.39 is 9.84 Å².